The first-order valence-corrected chi connectivity index (χ1v) is 9.83. The summed E-state index contributed by atoms with van der Waals surface area (Å²) in [7, 11) is 1.66. The Morgan fingerprint density at radius 3 is 2.85 bits per heavy atom. The van der Waals surface area contributed by atoms with Gasteiger partial charge < -0.3 is 19.4 Å². The van der Waals surface area contributed by atoms with Crippen molar-refractivity contribution >= 4 is 17.2 Å². The first-order valence-electron chi connectivity index (χ1n) is 8.89. The predicted octanol–water partition coefficient (Wildman–Crippen LogP) is 2.18. The first-order chi connectivity index (χ1) is 12.6. The fraction of sp³-hybridized carbons (Fsp3) is 0.474. The van der Waals surface area contributed by atoms with Gasteiger partial charge in [0.25, 0.3) is 11.5 Å². The molecule has 1 amide bonds. The van der Waals surface area contributed by atoms with Gasteiger partial charge in [0.1, 0.15) is 0 Å². The highest BCUT2D eigenvalue weighted by Crippen LogP contribution is 2.28. The fourth-order valence-electron chi connectivity index (χ4n) is 3.73. The van der Waals surface area contributed by atoms with Crippen molar-refractivity contribution < 1.29 is 14.3 Å². The summed E-state index contributed by atoms with van der Waals surface area (Å²) in [6, 6.07) is 3.51. The Morgan fingerprint density at radius 2 is 2.08 bits per heavy atom. The number of thiophene rings is 1. The summed E-state index contributed by atoms with van der Waals surface area (Å²) < 4.78 is 13.0. The van der Waals surface area contributed by atoms with E-state index >= 15 is 0 Å². The first kappa shape index (κ1) is 17.5. The molecule has 7 heteroatoms. The Bertz CT molecular complexity index is 846. The van der Waals surface area contributed by atoms with Gasteiger partial charge in [-0.25, -0.2) is 0 Å². The van der Waals surface area contributed by atoms with E-state index in [-0.39, 0.29) is 29.7 Å². The number of ether oxygens (including phenoxy) is 2. The van der Waals surface area contributed by atoms with Crippen LogP contribution in [0.4, 0.5) is 0 Å². The number of rotatable bonds is 3. The molecule has 2 aromatic heterocycles. The van der Waals surface area contributed by atoms with E-state index in [1.54, 1.807) is 24.6 Å². The van der Waals surface area contributed by atoms with Gasteiger partial charge in [-0.1, -0.05) is 0 Å². The van der Waals surface area contributed by atoms with Crippen LogP contribution in [0.15, 0.2) is 33.9 Å². The third-order valence-electron chi connectivity index (χ3n) is 5.12. The summed E-state index contributed by atoms with van der Waals surface area (Å²) in [6.07, 6.45) is 4.35. The third kappa shape index (κ3) is 3.47. The number of fused-ring (bicyclic) bond motifs is 1. The van der Waals surface area contributed by atoms with Crippen LogP contribution in [0.1, 0.15) is 29.6 Å². The number of hydrogen-bond acceptors (Lipinski definition) is 5. The van der Waals surface area contributed by atoms with Crippen LogP contribution in [0.3, 0.4) is 0 Å². The molecule has 4 rings (SSSR count). The Labute approximate surface area is 155 Å². The molecule has 1 aliphatic heterocycles. The molecule has 1 aliphatic carbocycles. The predicted molar refractivity (Wildman–Crippen MR) is 99.6 cm³/mol. The standard InChI is InChI=1S/C19H22N2O4S/c1-21-10-15(14(9-18(21)22)12-4-7-26-11-12)19(23)20-13-2-3-16-17(8-13)25-6-5-24-16/h4,7,9-11,13,16-17H,2-3,5-6,8H2,1H3,(H,20,23). The van der Waals surface area contributed by atoms with Crippen LogP contribution >= 0.6 is 11.3 Å². The molecule has 26 heavy (non-hydrogen) atoms. The zero-order chi connectivity index (χ0) is 18.1. The normalized spacial score (nSPS) is 25.5. The summed E-state index contributed by atoms with van der Waals surface area (Å²) in [4.78, 5) is 25.0. The van der Waals surface area contributed by atoms with E-state index in [4.69, 9.17) is 9.47 Å². The Morgan fingerprint density at radius 1 is 1.27 bits per heavy atom. The molecule has 1 saturated heterocycles. The molecular formula is C19H22N2O4S. The molecule has 0 aromatic carbocycles. The van der Waals surface area contributed by atoms with Gasteiger partial charge in [0.2, 0.25) is 0 Å². The summed E-state index contributed by atoms with van der Waals surface area (Å²) in [5.74, 6) is -0.151. The van der Waals surface area contributed by atoms with Crippen molar-refractivity contribution in [3.8, 4) is 11.1 Å². The number of pyridine rings is 1. The van der Waals surface area contributed by atoms with Gasteiger partial charge in [-0.2, -0.15) is 11.3 Å². The van der Waals surface area contributed by atoms with Crippen LogP contribution in [-0.4, -0.2) is 41.9 Å². The summed E-state index contributed by atoms with van der Waals surface area (Å²) in [5.41, 5.74) is 1.97. The maximum atomic E-state index is 13.0. The number of nitrogens with one attached hydrogen (secondary N) is 1. The number of carbonyl (C=O) groups excluding carboxylic acids is 1. The second kappa shape index (κ2) is 7.34. The average molecular weight is 374 g/mol. The Kier molecular flexibility index (Phi) is 4.93. The minimum atomic E-state index is -0.151. The number of carbonyl (C=O) groups is 1. The lowest BCUT2D eigenvalue weighted by molar-refractivity contribution is -0.157. The molecule has 0 radical (unpaired) electrons. The van der Waals surface area contributed by atoms with E-state index in [0.717, 1.165) is 24.8 Å². The van der Waals surface area contributed by atoms with Crippen LogP contribution in [-0.2, 0) is 16.5 Å². The van der Waals surface area contributed by atoms with Crippen LogP contribution in [0.25, 0.3) is 11.1 Å². The van der Waals surface area contributed by atoms with Crippen LogP contribution in [0, 0.1) is 0 Å². The quantitative estimate of drug-likeness (QED) is 0.894. The minimum absolute atomic E-state index is 0.0537. The molecule has 2 fully saturated rings. The zero-order valence-corrected chi connectivity index (χ0v) is 15.5. The molecule has 6 nitrogen and oxygen atoms in total. The molecule has 1 N–H and O–H groups in total. The van der Waals surface area contributed by atoms with E-state index in [2.05, 4.69) is 5.32 Å². The number of hydrogen-bond donors (Lipinski definition) is 1. The van der Waals surface area contributed by atoms with Gasteiger partial charge in [0, 0.05) is 30.9 Å². The minimum Gasteiger partial charge on any atom is -0.373 e. The molecule has 138 valence electrons. The van der Waals surface area contributed by atoms with Gasteiger partial charge in [-0.3, -0.25) is 9.59 Å². The highest BCUT2D eigenvalue weighted by atomic mass is 32.1. The molecule has 3 heterocycles. The van der Waals surface area contributed by atoms with Crippen molar-refractivity contribution in [1.29, 1.82) is 0 Å². The SMILES string of the molecule is Cn1cc(C(=O)NC2CCC3OCCOC3C2)c(-c2ccsc2)cc1=O. The van der Waals surface area contributed by atoms with E-state index < -0.39 is 0 Å². The van der Waals surface area contributed by atoms with Crippen molar-refractivity contribution in [3.05, 3.63) is 45.0 Å². The lowest BCUT2D eigenvalue weighted by Crippen LogP contribution is -2.49. The Balaban J connectivity index is 1.55. The van der Waals surface area contributed by atoms with Gasteiger partial charge in [0.15, 0.2) is 0 Å². The number of aromatic nitrogens is 1. The van der Waals surface area contributed by atoms with E-state index in [9.17, 15) is 9.59 Å². The summed E-state index contributed by atoms with van der Waals surface area (Å²) in [6.45, 7) is 1.27. The lowest BCUT2D eigenvalue weighted by atomic mass is 9.89. The van der Waals surface area contributed by atoms with Gasteiger partial charge >= 0.3 is 0 Å². The van der Waals surface area contributed by atoms with Crippen molar-refractivity contribution in [2.75, 3.05) is 13.2 Å². The maximum Gasteiger partial charge on any atom is 0.253 e. The molecule has 0 bridgehead atoms. The third-order valence-corrected chi connectivity index (χ3v) is 5.80. The lowest BCUT2D eigenvalue weighted by Gasteiger charge is -2.39. The van der Waals surface area contributed by atoms with Crippen molar-refractivity contribution in [2.24, 2.45) is 7.05 Å². The zero-order valence-electron chi connectivity index (χ0n) is 14.6. The van der Waals surface area contributed by atoms with E-state index in [1.165, 1.54) is 10.6 Å². The maximum absolute atomic E-state index is 13.0. The van der Waals surface area contributed by atoms with Gasteiger partial charge in [0.05, 0.1) is 31.0 Å². The largest absolute Gasteiger partial charge is 0.373 e. The molecule has 2 aromatic rings. The summed E-state index contributed by atoms with van der Waals surface area (Å²) >= 11 is 1.54. The molecule has 1 saturated carbocycles. The van der Waals surface area contributed by atoms with Crippen molar-refractivity contribution in [2.45, 2.75) is 37.5 Å². The fourth-order valence-corrected chi connectivity index (χ4v) is 4.38. The van der Waals surface area contributed by atoms with Crippen molar-refractivity contribution in [3.63, 3.8) is 0 Å². The molecule has 3 unspecified atom stereocenters. The topological polar surface area (TPSA) is 69.6 Å². The molecular weight excluding hydrogens is 352 g/mol. The molecule has 0 spiro atoms. The second-order valence-corrected chi connectivity index (χ2v) is 7.64. The number of amides is 1. The monoisotopic (exact) mass is 374 g/mol. The van der Waals surface area contributed by atoms with Gasteiger partial charge in [-0.05, 0) is 41.7 Å². The molecule has 3 atom stereocenters. The average Bonchev–Trinajstić information content (AvgIpc) is 3.18. The van der Waals surface area contributed by atoms with Crippen LogP contribution in [0.5, 0.6) is 0 Å². The second-order valence-electron chi connectivity index (χ2n) is 6.86. The molecule has 2 aliphatic rings. The smallest absolute Gasteiger partial charge is 0.253 e. The van der Waals surface area contributed by atoms with E-state index in [1.807, 2.05) is 16.8 Å². The number of aryl methyl sites for hydroxylation is 1. The van der Waals surface area contributed by atoms with Crippen LogP contribution in [0.2, 0.25) is 0 Å². The van der Waals surface area contributed by atoms with Gasteiger partial charge in [-0.15, -0.1) is 0 Å². The highest BCUT2D eigenvalue weighted by molar-refractivity contribution is 7.08. The number of nitrogens with zero attached hydrogens (tertiary/aromatic N) is 1. The van der Waals surface area contributed by atoms with Crippen molar-refractivity contribution in [1.82, 2.24) is 9.88 Å². The highest BCUT2D eigenvalue weighted by Gasteiger charge is 2.35. The van der Waals surface area contributed by atoms with E-state index in [0.29, 0.717) is 24.3 Å². The Hall–Kier alpha value is -1.96. The summed E-state index contributed by atoms with van der Waals surface area (Å²) in [5, 5.41) is 7.02. The van der Waals surface area contributed by atoms with Crippen LogP contribution < -0.4 is 10.9 Å².